The maximum absolute atomic E-state index is 14.9. The van der Waals surface area contributed by atoms with Crippen LogP contribution in [-0.2, 0) is 11.3 Å². The van der Waals surface area contributed by atoms with Crippen LogP contribution in [0.25, 0.3) is 27.7 Å². The monoisotopic (exact) mass is 466 g/mol. The molecule has 0 radical (unpaired) electrons. The highest BCUT2D eigenvalue weighted by Gasteiger charge is 2.35. The molecule has 0 amide bonds. The quantitative estimate of drug-likeness (QED) is 0.463. The SMILES string of the molecule is CCn1nnc2ccc(-c3ccn4nc(N[C@H]5CCN(C6COC6)C[C@H]5F)nc(OC)c34)cc21. The number of rotatable bonds is 6. The number of piperidine rings is 1. The number of methoxy groups -OCH3 is 1. The van der Waals surface area contributed by atoms with Gasteiger partial charge in [-0.05, 0) is 37.1 Å². The standard InChI is InChI=1S/C23H27FN8O2/c1-3-31-20-10-14(4-5-19(20)27-29-31)16-6-9-32-21(16)22(33-2)26-23(28-32)25-18-7-8-30(11-17(18)24)15-12-34-13-15/h4-6,9-10,15,17-18H,3,7-8,11-13H2,1-2H3,(H,25,28)/t17-,18+/m1/s1. The third-order valence-electron chi connectivity index (χ3n) is 6.82. The predicted molar refractivity (Wildman–Crippen MR) is 125 cm³/mol. The number of benzene rings is 1. The Bertz CT molecular complexity index is 1330. The fraction of sp³-hybridized carbons (Fsp3) is 0.478. The number of nitrogens with one attached hydrogen (secondary N) is 1. The Morgan fingerprint density at radius 3 is 2.88 bits per heavy atom. The van der Waals surface area contributed by atoms with E-state index in [1.807, 2.05) is 36.0 Å². The molecule has 2 saturated heterocycles. The smallest absolute Gasteiger partial charge is 0.244 e. The van der Waals surface area contributed by atoms with Crippen LogP contribution in [-0.4, -0.2) is 86.2 Å². The van der Waals surface area contributed by atoms with Crippen LogP contribution in [0.1, 0.15) is 13.3 Å². The minimum Gasteiger partial charge on any atom is -0.479 e. The van der Waals surface area contributed by atoms with Gasteiger partial charge in [0.1, 0.15) is 17.2 Å². The zero-order valence-corrected chi connectivity index (χ0v) is 19.2. The van der Waals surface area contributed by atoms with Gasteiger partial charge in [0.05, 0.1) is 37.9 Å². The molecule has 11 heteroatoms. The average molecular weight is 467 g/mol. The molecule has 2 fully saturated rings. The number of alkyl halides is 1. The summed E-state index contributed by atoms with van der Waals surface area (Å²) in [5.74, 6) is 0.780. The van der Waals surface area contributed by atoms with Crippen LogP contribution < -0.4 is 10.1 Å². The van der Waals surface area contributed by atoms with Crippen LogP contribution in [0.2, 0.25) is 0 Å². The Hall–Kier alpha value is -3.31. The van der Waals surface area contributed by atoms with Gasteiger partial charge in [-0.2, -0.15) is 4.98 Å². The summed E-state index contributed by atoms with van der Waals surface area (Å²) in [5, 5.41) is 16.2. The number of anilines is 1. The van der Waals surface area contributed by atoms with Crippen molar-refractivity contribution >= 4 is 22.5 Å². The minimum absolute atomic E-state index is 0.344. The summed E-state index contributed by atoms with van der Waals surface area (Å²) in [5.41, 5.74) is 4.49. The number of fused-ring (bicyclic) bond motifs is 2. The molecule has 2 aliphatic rings. The first kappa shape index (κ1) is 21.2. The molecular weight excluding hydrogens is 439 g/mol. The van der Waals surface area contributed by atoms with E-state index in [-0.39, 0.29) is 6.04 Å². The Balaban J connectivity index is 1.29. The van der Waals surface area contributed by atoms with E-state index >= 15 is 0 Å². The average Bonchev–Trinajstić information content (AvgIpc) is 3.42. The first-order valence-corrected chi connectivity index (χ1v) is 11.6. The Morgan fingerprint density at radius 2 is 2.15 bits per heavy atom. The number of halogens is 1. The van der Waals surface area contributed by atoms with Crippen molar-refractivity contribution in [2.45, 2.75) is 38.1 Å². The highest BCUT2D eigenvalue weighted by Crippen LogP contribution is 2.33. The summed E-state index contributed by atoms with van der Waals surface area (Å²) in [4.78, 5) is 6.75. The molecule has 0 saturated carbocycles. The fourth-order valence-corrected chi connectivity index (χ4v) is 4.82. The van der Waals surface area contributed by atoms with Gasteiger partial charge in [-0.25, -0.2) is 13.6 Å². The van der Waals surface area contributed by atoms with E-state index in [1.165, 1.54) is 0 Å². The number of aromatic nitrogens is 6. The van der Waals surface area contributed by atoms with Crippen LogP contribution >= 0.6 is 0 Å². The second-order valence-electron chi connectivity index (χ2n) is 8.82. The normalized spacial score (nSPS) is 21.7. The maximum atomic E-state index is 14.9. The zero-order chi connectivity index (χ0) is 23.2. The summed E-state index contributed by atoms with van der Waals surface area (Å²) >= 11 is 0. The summed E-state index contributed by atoms with van der Waals surface area (Å²) in [6, 6.07) is 8.00. The lowest BCUT2D eigenvalue weighted by Crippen LogP contribution is -2.57. The van der Waals surface area contributed by atoms with Crippen molar-refractivity contribution in [1.82, 2.24) is 34.5 Å². The number of nitrogens with zero attached hydrogens (tertiary/aromatic N) is 7. The van der Waals surface area contributed by atoms with E-state index in [0.29, 0.717) is 44.0 Å². The number of aryl methyl sites for hydroxylation is 1. The van der Waals surface area contributed by atoms with Gasteiger partial charge in [0.2, 0.25) is 11.8 Å². The molecule has 0 unspecified atom stereocenters. The molecule has 4 aromatic rings. The molecule has 0 spiro atoms. The second kappa shape index (κ2) is 8.48. The molecule has 5 heterocycles. The Kier molecular flexibility index (Phi) is 5.30. The van der Waals surface area contributed by atoms with E-state index in [9.17, 15) is 4.39 Å². The lowest BCUT2D eigenvalue weighted by atomic mass is 10.0. The van der Waals surface area contributed by atoms with Crippen molar-refractivity contribution in [3.8, 4) is 17.0 Å². The van der Waals surface area contributed by atoms with E-state index in [0.717, 1.165) is 40.8 Å². The van der Waals surface area contributed by atoms with Crippen molar-refractivity contribution in [3.63, 3.8) is 0 Å². The molecule has 1 N–H and O–H groups in total. The first-order chi connectivity index (χ1) is 16.6. The van der Waals surface area contributed by atoms with Crippen molar-refractivity contribution < 1.29 is 13.9 Å². The van der Waals surface area contributed by atoms with E-state index in [2.05, 4.69) is 36.7 Å². The predicted octanol–water partition coefficient (Wildman–Crippen LogP) is 2.39. The van der Waals surface area contributed by atoms with Crippen LogP contribution in [0.3, 0.4) is 0 Å². The Labute approximate surface area is 195 Å². The lowest BCUT2D eigenvalue weighted by Gasteiger charge is -2.42. The second-order valence-corrected chi connectivity index (χ2v) is 8.82. The summed E-state index contributed by atoms with van der Waals surface area (Å²) < 4.78 is 29.4. The summed E-state index contributed by atoms with van der Waals surface area (Å²) in [6.45, 7) is 5.38. The largest absolute Gasteiger partial charge is 0.479 e. The lowest BCUT2D eigenvalue weighted by molar-refractivity contribution is -0.0794. The molecule has 0 bridgehead atoms. The number of hydrogen-bond acceptors (Lipinski definition) is 8. The topological polar surface area (TPSA) is 94.6 Å². The molecule has 1 aromatic carbocycles. The van der Waals surface area contributed by atoms with Crippen molar-refractivity contribution in [1.29, 1.82) is 0 Å². The number of ether oxygens (including phenoxy) is 2. The molecule has 2 aliphatic heterocycles. The third-order valence-corrected chi connectivity index (χ3v) is 6.82. The molecule has 6 rings (SSSR count). The van der Waals surface area contributed by atoms with Crippen LogP contribution in [0.15, 0.2) is 30.5 Å². The molecular formula is C23H27FN8O2. The molecule has 34 heavy (non-hydrogen) atoms. The van der Waals surface area contributed by atoms with Crippen molar-refractivity contribution in [2.24, 2.45) is 0 Å². The maximum Gasteiger partial charge on any atom is 0.244 e. The van der Waals surface area contributed by atoms with Gasteiger partial charge in [0.15, 0.2) is 0 Å². The third kappa shape index (κ3) is 3.55. The Morgan fingerprint density at radius 1 is 1.26 bits per heavy atom. The highest BCUT2D eigenvalue weighted by atomic mass is 19.1. The number of hydrogen-bond donors (Lipinski definition) is 1. The first-order valence-electron chi connectivity index (χ1n) is 11.6. The van der Waals surface area contributed by atoms with Gasteiger partial charge in [-0.15, -0.1) is 10.2 Å². The van der Waals surface area contributed by atoms with Gasteiger partial charge in [-0.3, -0.25) is 4.90 Å². The van der Waals surface area contributed by atoms with Crippen LogP contribution in [0, 0.1) is 0 Å². The zero-order valence-electron chi connectivity index (χ0n) is 19.2. The van der Waals surface area contributed by atoms with Crippen molar-refractivity contribution in [2.75, 3.05) is 38.7 Å². The van der Waals surface area contributed by atoms with Crippen LogP contribution in [0.4, 0.5) is 10.3 Å². The molecule has 2 atom stereocenters. The molecule has 0 aliphatic carbocycles. The summed E-state index contributed by atoms with van der Waals surface area (Å²) in [7, 11) is 1.58. The fourth-order valence-electron chi connectivity index (χ4n) is 4.82. The van der Waals surface area contributed by atoms with Gasteiger partial charge >= 0.3 is 0 Å². The minimum atomic E-state index is -1.01. The van der Waals surface area contributed by atoms with Gasteiger partial charge in [0.25, 0.3) is 0 Å². The van der Waals surface area contributed by atoms with Crippen molar-refractivity contribution in [3.05, 3.63) is 30.5 Å². The van der Waals surface area contributed by atoms with E-state index in [4.69, 9.17) is 9.47 Å². The number of likely N-dealkylation sites (tertiary alicyclic amines) is 1. The molecule has 3 aromatic heterocycles. The van der Waals surface area contributed by atoms with Crippen LogP contribution in [0.5, 0.6) is 5.88 Å². The van der Waals surface area contributed by atoms with E-state index < -0.39 is 6.17 Å². The summed E-state index contributed by atoms with van der Waals surface area (Å²) in [6.07, 6.45) is 1.53. The van der Waals surface area contributed by atoms with Gasteiger partial charge in [0, 0.05) is 31.4 Å². The molecule has 10 nitrogen and oxygen atoms in total. The van der Waals surface area contributed by atoms with Gasteiger partial charge in [-0.1, -0.05) is 11.3 Å². The highest BCUT2D eigenvalue weighted by molar-refractivity contribution is 5.89. The molecule has 178 valence electrons. The van der Waals surface area contributed by atoms with Gasteiger partial charge < -0.3 is 14.8 Å². The van der Waals surface area contributed by atoms with E-state index in [1.54, 1.807) is 11.6 Å².